The van der Waals surface area contributed by atoms with E-state index in [0.29, 0.717) is 5.92 Å². The van der Waals surface area contributed by atoms with Gasteiger partial charge in [-0.2, -0.15) is 0 Å². The van der Waals surface area contributed by atoms with Crippen LogP contribution < -0.4 is 0 Å². The topological polar surface area (TPSA) is 0 Å². The number of hydrogen-bond donors (Lipinski definition) is 0. The fourth-order valence-electron chi connectivity index (χ4n) is 1.64. The van der Waals surface area contributed by atoms with Gasteiger partial charge in [-0.05, 0) is 37.8 Å². The first-order chi connectivity index (χ1) is 7.11. The van der Waals surface area contributed by atoms with Crippen LogP contribution in [0.25, 0.3) is 0 Å². The van der Waals surface area contributed by atoms with Gasteiger partial charge in [0.2, 0.25) is 0 Å². The van der Waals surface area contributed by atoms with E-state index in [-0.39, 0.29) is 0 Å². The fraction of sp³-hybridized carbons (Fsp3) is 0.571. The van der Waals surface area contributed by atoms with Crippen LogP contribution in [0.2, 0.25) is 0 Å². The summed E-state index contributed by atoms with van der Waals surface area (Å²) < 4.78 is 0. The maximum Gasteiger partial charge on any atom is 0.0222 e. The zero-order chi connectivity index (χ0) is 11.3. The Morgan fingerprint density at radius 2 is 1.73 bits per heavy atom. The van der Waals surface area contributed by atoms with Crippen LogP contribution in [0.4, 0.5) is 0 Å². The van der Waals surface area contributed by atoms with Crippen molar-refractivity contribution in [2.45, 2.75) is 40.5 Å². The molecular weight excluding hydrogens is 200 g/mol. The molecule has 1 heteroatoms. The van der Waals surface area contributed by atoms with Gasteiger partial charge in [-0.25, -0.2) is 0 Å². The van der Waals surface area contributed by atoms with E-state index in [1.54, 1.807) is 0 Å². The fourth-order valence-corrected chi connectivity index (χ4v) is 3.00. The van der Waals surface area contributed by atoms with Gasteiger partial charge in [-0.3, -0.25) is 0 Å². The minimum absolute atomic E-state index is 0.487. The van der Waals surface area contributed by atoms with Crippen LogP contribution in [-0.4, -0.2) is 0 Å². The molecule has 0 aliphatic heterocycles. The Balaban J connectivity index is 2.55. The van der Waals surface area contributed by atoms with Crippen molar-refractivity contribution in [3.63, 3.8) is 0 Å². The lowest BCUT2D eigenvalue weighted by atomic mass is 10.1. The summed E-state index contributed by atoms with van der Waals surface area (Å²) in [6.07, 6.45) is 2.31. The summed E-state index contributed by atoms with van der Waals surface area (Å²) in [5, 5.41) is 0. The summed E-state index contributed by atoms with van der Waals surface area (Å²) in [6.45, 7) is 8.64. The maximum atomic E-state index is 3.20. The molecule has 1 rings (SSSR count). The highest BCUT2D eigenvalue weighted by Crippen LogP contribution is 2.22. The van der Waals surface area contributed by atoms with E-state index in [1.807, 2.05) is 18.3 Å². The van der Waals surface area contributed by atoms with E-state index in [2.05, 4.69) is 44.7 Å². The van der Waals surface area contributed by atoms with E-state index < -0.39 is 0 Å². The van der Waals surface area contributed by atoms with Crippen molar-refractivity contribution in [2.24, 2.45) is 11.8 Å². The minimum Gasteiger partial charge on any atom is -0.145 e. The van der Waals surface area contributed by atoms with E-state index in [9.17, 15) is 0 Å². The monoisotopic (exact) mass is 220 g/mol. The van der Waals surface area contributed by atoms with Crippen molar-refractivity contribution in [1.29, 1.82) is 0 Å². The second-order valence-electron chi connectivity index (χ2n) is 4.47. The van der Waals surface area contributed by atoms with Crippen LogP contribution in [0.3, 0.4) is 0 Å². The molecule has 0 amide bonds. The third kappa shape index (κ3) is 4.53. The first-order valence-corrected chi connectivity index (χ1v) is 6.43. The van der Waals surface area contributed by atoms with Crippen LogP contribution in [0.5, 0.6) is 0 Å². The minimum atomic E-state index is 0.487. The lowest BCUT2D eigenvalue weighted by Gasteiger charge is -2.01. The van der Waals surface area contributed by atoms with Gasteiger partial charge in [-0.1, -0.05) is 20.8 Å². The van der Waals surface area contributed by atoms with Crippen LogP contribution in [0.1, 0.15) is 37.4 Å². The number of rotatable bonds is 4. The lowest BCUT2D eigenvalue weighted by Crippen LogP contribution is -1.93. The zero-order valence-electron chi connectivity index (χ0n) is 10.1. The molecule has 0 bridgehead atoms. The molecule has 1 aromatic heterocycles. The third-order valence-electron chi connectivity index (χ3n) is 2.22. The molecule has 0 saturated heterocycles. The van der Waals surface area contributed by atoms with Gasteiger partial charge in [0.05, 0.1) is 0 Å². The third-order valence-corrected chi connectivity index (χ3v) is 3.35. The molecule has 0 fully saturated rings. The van der Waals surface area contributed by atoms with Gasteiger partial charge < -0.3 is 0 Å². The summed E-state index contributed by atoms with van der Waals surface area (Å²) in [6, 6.07) is 4.53. The largest absolute Gasteiger partial charge is 0.145 e. The average Bonchev–Trinajstić information content (AvgIpc) is 2.51. The van der Waals surface area contributed by atoms with Gasteiger partial charge in [0.1, 0.15) is 0 Å². The highest BCUT2D eigenvalue weighted by molar-refractivity contribution is 7.12. The molecular formula is C14H20S. The Bertz CT molecular complexity index is 349. The lowest BCUT2D eigenvalue weighted by molar-refractivity contribution is 0.654. The Morgan fingerprint density at radius 1 is 1.13 bits per heavy atom. The van der Waals surface area contributed by atoms with Gasteiger partial charge in [-0.15, -0.1) is 23.2 Å². The predicted molar refractivity (Wildman–Crippen MR) is 69.2 cm³/mol. The average molecular weight is 220 g/mol. The standard InChI is InChI=1S/C14H20S/c1-5-6-12(4)10-14-8-7-13(15-14)9-11(2)3/h7-8,11-12H,9-10H2,1-4H3. The van der Waals surface area contributed by atoms with E-state index in [4.69, 9.17) is 0 Å². The van der Waals surface area contributed by atoms with Crippen molar-refractivity contribution in [3.05, 3.63) is 21.9 Å². The SMILES string of the molecule is CC#CC(C)Cc1ccc(CC(C)C)s1. The second-order valence-corrected chi connectivity index (χ2v) is 5.72. The van der Waals surface area contributed by atoms with E-state index >= 15 is 0 Å². The molecule has 0 radical (unpaired) electrons. The van der Waals surface area contributed by atoms with Crippen molar-refractivity contribution in [2.75, 3.05) is 0 Å². The number of thiophene rings is 1. The molecule has 0 saturated carbocycles. The quantitative estimate of drug-likeness (QED) is 0.669. The molecule has 15 heavy (non-hydrogen) atoms. The van der Waals surface area contributed by atoms with Gasteiger partial charge >= 0.3 is 0 Å². The summed E-state index contributed by atoms with van der Waals surface area (Å²) in [4.78, 5) is 2.98. The highest BCUT2D eigenvalue weighted by Gasteiger charge is 2.05. The highest BCUT2D eigenvalue weighted by atomic mass is 32.1. The van der Waals surface area contributed by atoms with Gasteiger partial charge in [0, 0.05) is 15.7 Å². The Morgan fingerprint density at radius 3 is 2.27 bits per heavy atom. The molecule has 0 aromatic carbocycles. The zero-order valence-corrected chi connectivity index (χ0v) is 10.9. The molecule has 0 aliphatic rings. The van der Waals surface area contributed by atoms with Crippen molar-refractivity contribution in [3.8, 4) is 11.8 Å². The second kappa shape index (κ2) is 5.98. The first kappa shape index (κ1) is 12.3. The molecule has 1 heterocycles. The molecule has 0 aliphatic carbocycles. The summed E-state index contributed by atoms with van der Waals surface area (Å²) in [5.41, 5.74) is 0. The smallest absolute Gasteiger partial charge is 0.0222 e. The normalized spacial score (nSPS) is 12.3. The predicted octanol–water partition coefficient (Wildman–Crippen LogP) is 4.15. The summed E-state index contributed by atoms with van der Waals surface area (Å²) in [5.74, 6) is 7.42. The van der Waals surface area contributed by atoms with E-state index in [1.165, 1.54) is 16.2 Å². The van der Waals surface area contributed by atoms with Crippen LogP contribution in [-0.2, 0) is 12.8 Å². The molecule has 82 valence electrons. The van der Waals surface area contributed by atoms with Gasteiger partial charge in [0.25, 0.3) is 0 Å². The van der Waals surface area contributed by atoms with Crippen LogP contribution in [0.15, 0.2) is 12.1 Å². The maximum absolute atomic E-state index is 3.20. The summed E-state index contributed by atoms with van der Waals surface area (Å²) in [7, 11) is 0. The van der Waals surface area contributed by atoms with Gasteiger partial charge in [0.15, 0.2) is 0 Å². The van der Waals surface area contributed by atoms with Crippen LogP contribution in [0, 0.1) is 23.7 Å². The molecule has 0 spiro atoms. The van der Waals surface area contributed by atoms with Crippen LogP contribution >= 0.6 is 11.3 Å². The molecule has 1 atom stereocenters. The van der Waals surface area contributed by atoms with E-state index in [0.717, 1.165) is 12.3 Å². The van der Waals surface area contributed by atoms with Crippen molar-refractivity contribution >= 4 is 11.3 Å². The molecule has 0 nitrogen and oxygen atoms in total. The summed E-state index contributed by atoms with van der Waals surface area (Å²) >= 11 is 1.95. The Hall–Kier alpha value is -0.740. The molecule has 1 unspecified atom stereocenters. The Labute approximate surface area is 97.7 Å². The molecule has 0 N–H and O–H groups in total. The first-order valence-electron chi connectivity index (χ1n) is 5.61. The van der Waals surface area contributed by atoms with Crippen molar-refractivity contribution < 1.29 is 0 Å². The molecule has 1 aromatic rings. The van der Waals surface area contributed by atoms with Crippen molar-refractivity contribution in [1.82, 2.24) is 0 Å². The number of hydrogen-bond acceptors (Lipinski definition) is 1. The Kier molecular flexibility index (Phi) is 4.91.